The first kappa shape index (κ1) is 17.4. The van der Waals surface area contributed by atoms with Crippen LogP contribution in [0.25, 0.3) is 0 Å². The van der Waals surface area contributed by atoms with Gasteiger partial charge in [0.1, 0.15) is 5.76 Å². The van der Waals surface area contributed by atoms with Gasteiger partial charge in [-0.3, -0.25) is 14.9 Å². The van der Waals surface area contributed by atoms with Crippen molar-refractivity contribution >= 4 is 34.6 Å². The third-order valence-corrected chi connectivity index (χ3v) is 5.83. The van der Waals surface area contributed by atoms with Crippen LogP contribution in [0.2, 0.25) is 0 Å². The number of benzene rings is 1. The highest BCUT2D eigenvalue weighted by Gasteiger charge is 2.21. The molecule has 0 aliphatic carbocycles. The number of carbonyl (C=O) groups excluding carboxylic acids is 1. The van der Waals surface area contributed by atoms with Crippen molar-refractivity contribution in [2.24, 2.45) is 0 Å². The van der Waals surface area contributed by atoms with Gasteiger partial charge in [-0.05, 0) is 29.1 Å². The fourth-order valence-corrected chi connectivity index (χ4v) is 4.21. The van der Waals surface area contributed by atoms with E-state index in [9.17, 15) is 14.9 Å². The second-order valence-electron chi connectivity index (χ2n) is 5.34. The smallest absolute Gasteiger partial charge is 0.269 e. The number of thioether (sulfide) groups is 1. The molecule has 2 aromatic heterocycles. The molecule has 0 N–H and O–H groups in total. The minimum absolute atomic E-state index is 0.0321. The van der Waals surface area contributed by atoms with Gasteiger partial charge < -0.3 is 4.42 Å². The Bertz CT molecular complexity index is 844. The SMILES string of the molecule is O=C(CC(SCc1ccco1)c1cccc([N+](=O)[O-])c1)c1cccs1. The Kier molecular flexibility index (Phi) is 5.67. The van der Waals surface area contributed by atoms with E-state index >= 15 is 0 Å². The number of non-ortho nitro benzene ring substituents is 1. The van der Waals surface area contributed by atoms with E-state index in [1.54, 1.807) is 36.2 Å². The Hall–Kier alpha value is -2.38. The quantitative estimate of drug-likeness (QED) is 0.296. The van der Waals surface area contributed by atoms with Gasteiger partial charge in [0.2, 0.25) is 0 Å². The van der Waals surface area contributed by atoms with E-state index < -0.39 is 4.92 Å². The van der Waals surface area contributed by atoms with E-state index in [1.165, 1.54) is 17.4 Å². The lowest BCUT2D eigenvalue weighted by Gasteiger charge is -2.15. The van der Waals surface area contributed by atoms with E-state index in [0.717, 1.165) is 11.3 Å². The average molecular weight is 373 g/mol. The predicted molar refractivity (Wildman–Crippen MR) is 99.1 cm³/mol. The number of thiophene rings is 1. The molecule has 0 saturated heterocycles. The van der Waals surface area contributed by atoms with Crippen LogP contribution < -0.4 is 0 Å². The van der Waals surface area contributed by atoms with Gasteiger partial charge in [-0.1, -0.05) is 18.2 Å². The molecule has 2 heterocycles. The zero-order valence-electron chi connectivity index (χ0n) is 13.2. The highest BCUT2D eigenvalue weighted by atomic mass is 32.2. The second kappa shape index (κ2) is 8.13. The highest BCUT2D eigenvalue weighted by Crippen LogP contribution is 2.37. The predicted octanol–water partition coefficient (Wildman–Crippen LogP) is 5.50. The summed E-state index contributed by atoms with van der Waals surface area (Å²) < 4.78 is 5.35. The Labute approximate surface area is 152 Å². The van der Waals surface area contributed by atoms with Crippen LogP contribution in [-0.2, 0) is 5.75 Å². The number of hydrogen-bond donors (Lipinski definition) is 0. The lowest BCUT2D eigenvalue weighted by molar-refractivity contribution is -0.384. The molecular formula is C18H15NO4S2. The van der Waals surface area contributed by atoms with Gasteiger partial charge in [-0.25, -0.2) is 0 Å². The largest absolute Gasteiger partial charge is 0.468 e. The molecule has 128 valence electrons. The zero-order chi connectivity index (χ0) is 17.6. The molecule has 0 radical (unpaired) electrons. The molecule has 1 unspecified atom stereocenters. The van der Waals surface area contributed by atoms with E-state index in [4.69, 9.17) is 4.42 Å². The number of ketones is 1. The summed E-state index contributed by atoms with van der Waals surface area (Å²) in [4.78, 5) is 23.8. The van der Waals surface area contributed by atoms with Gasteiger partial charge >= 0.3 is 0 Å². The summed E-state index contributed by atoms with van der Waals surface area (Å²) in [5, 5.41) is 12.7. The molecule has 1 aromatic carbocycles. The van der Waals surface area contributed by atoms with Crippen molar-refractivity contribution < 1.29 is 14.1 Å². The van der Waals surface area contributed by atoms with E-state index in [0.29, 0.717) is 10.6 Å². The van der Waals surface area contributed by atoms with Crippen LogP contribution in [0.5, 0.6) is 0 Å². The molecule has 1 atom stereocenters. The number of nitro benzene ring substituents is 1. The molecule has 0 amide bonds. The molecule has 7 heteroatoms. The van der Waals surface area contributed by atoms with Gasteiger partial charge in [0.15, 0.2) is 5.78 Å². The molecule has 0 aliphatic rings. The molecule has 0 aliphatic heterocycles. The maximum Gasteiger partial charge on any atom is 0.269 e. The average Bonchev–Trinajstić information content (AvgIpc) is 3.31. The van der Waals surface area contributed by atoms with Crippen LogP contribution in [0.1, 0.15) is 32.7 Å². The number of Topliss-reactive ketones (excluding diaryl/α,β-unsaturated/α-hetero) is 1. The number of hydrogen-bond acceptors (Lipinski definition) is 6. The van der Waals surface area contributed by atoms with Gasteiger partial charge in [-0.15, -0.1) is 23.1 Å². The maximum atomic E-state index is 12.5. The standard InChI is InChI=1S/C18H15NO4S2/c20-16(17-7-3-9-24-17)11-18(25-12-15-6-2-8-23-15)13-4-1-5-14(10-13)19(21)22/h1-10,18H,11-12H2. The summed E-state index contributed by atoms with van der Waals surface area (Å²) >= 11 is 2.95. The van der Waals surface area contributed by atoms with Crippen molar-refractivity contribution in [1.82, 2.24) is 0 Å². The molecule has 25 heavy (non-hydrogen) atoms. The Morgan fingerprint density at radius 1 is 1.24 bits per heavy atom. The summed E-state index contributed by atoms with van der Waals surface area (Å²) in [5.41, 5.74) is 0.806. The van der Waals surface area contributed by atoms with Gasteiger partial charge in [0, 0.05) is 23.8 Å². The molecule has 3 rings (SSSR count). The number of carbonyl (C=O) groups is 1. The lowest BCUT2D eigenvalue weighted by atomic mass is 10.1. The van der Waals surface area contributed by atoms with Crippen molar-refractivity contribution in [3.05, 3.63) is 86.5 Å². The van der Waals surface area contributed by atoms with Crippen molar-refractivity contribution in [2.75, 3.05) is 0 Å². The minimum atomic E-state index is -0.418. The van der Waals surface area contributed by atoms with Crippen molar-refractivity contribution in [1.29, 1.82) is 0 Å². The Morgan fingerprint density at radius 3 is 2.80 bits per heavy atom. The summed E-state index contributed by atoms with van der Waals surface area (Å²) in [6.07, 6.45) is 1.89. The number of rotatable bonds is 8. The topological polar surface area (TPSA) is 73.3 Å². The van der Waals surface area contributed by atoms with E-state index in [2.05, 4.69) is 0 Å². The number of furan rings is 1. The van der Waals surface area contributed by atoms with Crippen LogP contribution in [0, 0.1) is 10.1 Å². The van der Waals surface area contributed by atoms with E-state index in [-0.39, 0.29) is 23.1 Å². The van der Waals surface area contributed by atoms with Crippen LogP contribution in [0.3, 0.4) is 0 Å². The molecule has 0 spiro atoms. The Morgan fingerprint density at radius 2 is 2.12 bits per heavy atom. The van der Waals surface area contributed by atoms with Gasteiger partial charge in [-0.2, -0.15) is 0 Å². The van der Waals surface area contributed by atoms with Crippen LogP contribution in [0.15, 0.2) is 64.6 Å². The fraction of sp³-hybridized carbons (Fsp3) is 0.167. The highest BCUT2D eigenvalue weighted by molar-refractivity contribution is 7.98. The molecular weight excluding hydrogens is 358 g/mol. The van der Waals surface area contributed by atoms with Gasteiger partial charge in [0.05, 0.1) is 21.8 Å². The lowest BCUT2D eigenvalue weighted by Crippen LogP contribution is -2.05. The molecule has 0 fully saturated rings. The second-order valence-corrected chi connectivity index (χ2v) is 7.47. The summed E-state index contributed by atoms with van der Waals surface area (Å²) in [6.45, 7) is 0. The normalized spacial score (nSPS) is 12.0. The summed E-state index contributed by atoms with van der Waals surface area (Å²) in [7, 11) is 0. The van der Waals surface area contributed by atoms with Crippen LogP contribution in [0.4, 0.5) is 5.69 Å². The first-order chi connectivity index (χ1) is 12.1. The van der Waals surface area contributed by atoms with Crippen LogP contribution >= 0.6 is 23.1 Å². The summed E-state index contributed by atoms with van der Waals surface area (Å²) in [6, 6.07) is 13.8. The zero-order valence-corrected chi connectivity index (χ0v) is 14.8. The molecule has 0 bridgehead atoms. The third kappa shape index (κ3) is 4.58. The van der Waals surface area contributed by atoms with Crippen molar-refractivity contribution in [3.8, 4) is 0 Å². The maximum absolute atomic E-state index is 12.5. The first-order valence-corrected chi connectivity index (χ1v) is 9.51. The van der Waals surface area contributed by atoms with Crippen molar-refractivity contribution in [3.63, 3.8) is 0 Å². The Balaban J connectivity index is 1.81. The summed E-state index contributed by atoms with van der Waals surface area (Å²) in [5.74, 6) is 1.44. The van der Waals surface area contributed by atoms with Crippen LogP contribution in [-0.4, -0.2) is 10.7 Å². The van der Waals surface area contributed by atoms with Crippen molar-refractivity contribution in [2.45, 2.75) is 17.4 Å². The minimum Gasteiger partial charge on any atom is -0.468 e. The van der Waals surface area contributed by atoms with Gasteiger partial charge in [0.25, 0.3) is 5.69 Å². The number of nitrogens with zero attached hydrogens (tertiary/aromatic N) is 1. The fourth-order valence-electron chi connectivity index (χ4n) is 2.40. The number of nitro groups is 1. The first-order valence-electron chi connectivity index (χ1n) is 7.58. The van der Waals surface area contributed by atoms with E-state index in [1.807, 2.05) is 29.6 Å². The molecule has 0 saturated carbocycles. The molecule has 5 nitrogen and oxygen atoms in total. The monoisotopic (exact) mass is 373 g/mol. The molecule has 3 aromatic rings. The third-order valence-electron chi connectivity index (χ3n) is 3.63.